The van der Waals surface area contributed by atoms with Gasteiger partial charge in [-0.1, -0.05) is 49.5 Å². The molecule has 0 fully saturated rings. The molecule has 4 nitrogen and oxygen atoms in total. The van der Waals surface area contributed by atoms with Crippen LogP contribution in [0, 0.1) is 11.8 Å². The zero-order valence-electron chi connectivity index (χ0n) is 18.6. The average Bonchev–Trinajstić information content (AvgIpc) is 3.04. The average molecular weight is 471 g/mol. The number of carbonyl (C=O) groups excluding carboxylic acids is 1. The maximum Gasteiger partial charge on any atom is 0.183 e. The number of hydrogen-bond donors (Lipinski definition) is 1. The highest BCUT2D eigenvalue weighted by atomic mass is 35.5. The van der Waals surface area contributed by atoms with Gasteiger partial charge in [0.2, 0.25) is 0 Å². The van der Waals surface area contributed by atoms with Crippen LogP contribution in [0.3, 0.4) is 0 Å². The highest BCUT2D eigenvalue weighted by Crippen LogP contribution is 2.35. The minimum absolute atomic E-state index is 0.0121. The molecule has 0 aliphatic heterocycles. The normalized spacial score (nSPS) is 12.6. The van der Waals surface area contributed by atoms with Gasteiger partial charge in [-0.25, -0.2) is 4.98 Å². The Morgan fingerprint density at radius 1 is 1.20 bits per heavy atom. The summed E-state index contributed by atoms with van der Waals surface area (Å²) < 4.78 is 0. The molecule has 0 radical (unpaired) electrons. The molecule has 166 valence electrons. The van der Waals surface area contributed by atoms with Crippen molar-refractivity contribution in [1.29, 1.82) is 0 Å². The molecule has 0 saturated heterocycles. The topological polar surface area (TPSA) is 45.2 Å². The number of rotatable bonds is 12. The second-order valence-electron chi connectivity index (χ2n) is 8.51. The Balaban J connectivity index is 2.11. The second-order valence-corrected chi connectivity index (χ2v) is 10.4. The third kappa shape index (κ3) is 7.84. The number of aromatic nitrogens is 1. The zero-order valence-corrected chi connectivity index (χ0v) is 20.9. The van der Waals surface area contributed by atoms with Crippen LogP contribution in [0.1, 0.15) is 44.9 Å². The number of nitrogens with zero attached hydrogens (tertiary/aromatic N) is 2. The zero-order chi connectivity index (χ0) is 22.3. The third-order valence-electron chi connectivity index (χ3n) is 4.97. The van der Waals surface area contributed by atoms with Crippen LogP contribution in [0.5, 0.6) is 0 Å². The lowest BCUT2D eigenvalue weighted by Crippen LogP contribution is -2.21. The van der Waals surface area contributed by atoms with Crippen LogP contribution in [-0.4, -0.2) is 42.9 Å². The predicted molar refractivity (Wildman–Crippen MR) is 131 cm³/mol. The van der Waals surface area contributed by atoms with E-state index in [1.165, 1.54) is 4.88 Å². The quantitative estimate of drug-likeness (QED) is 0.352. The van der Waals surface area contributed by atoms with Gasteiger partial charge in [-0.3, -0.25) is 4.79 Å². The fourth-order valence-corrected chi connectivity index (χ4v) is 4.78. The predicted octanol–water partition coefficient (Wildman–Crippen LogP) is 6.66. The summed E-state index contributed by atoms with van der Waals surface area (Å²) in [6, 6.07) is 5.64. The Bertz CT molecular complexity index is 836. The van der Waals surface area contributed by atoms with E-state index in [1.807, 2.05) is 18.2 Å². The van der Waals surface area contributed by atoms with Crippen molar-refractivity contribution in [2.45, 2.75) is 46.5 Å². The van der Waals surface area contributed by atoms with E-state index in [1.54, 1.807) is 18.3 Å². The van der Waals surface area contributed by atoms with Gasteiger partial charge in [0, 0.05) is 22.9 Å². The van der Waals surface area contributed by atoms with Gasteiger partial charge in [0.1, 0.15) is 5.78 Å². The van der Waals surface area contributed by atoms with Crippen molar-refractivity contribution in [2.75, 3.05) is 32.5 Å². The Labute approximate surface area is 195 Å². The van der Waals surface area contributed by atoms with Gasteiger partial charge in [-0.15, -0.1) is 11.3 Å². The highest BCUT2D eigenvalue weighted by Gasteiger charge is 2.18. The Kier molecular flexibility index (Phi) is 10.1. The molecule has 1 aromatic carbocycles. The summed E-state index contributed by atoms with van der Waals surface area (Å²) in [5.41, 5.74) is 1.91. The fraction of sp³-hybridized carbons (Fsp3) is 0.565. The van der Waals surface area contributed by atoms with E-state index in [4.69, 9.17) is 28.2 Å². The molecule has 0 amide bonds. The number of hydrogen-bond acceptors (Lipinski definition) is 5. The van der Waals surface area contributed by atoms with Crippen LogP contribution in [0.2, 0.25) is 10.0 Å². The Morgan fingerprint density at radius 2 is 1.93 bits per heavy atom. The number of carbonyl (C=O) groups is 1. The molecule has 1 N–H and O–H groups in total. The standard InChI is InChI=1S/C23H33Cl2N3OS/c1-15(2)12-21-22(17-9-10-19(24)20(25)13-17)27-23(30-21)26-14-18(16(3)29)8-6-7-11-28(4)5/h9-10,13,15,18H,6-8,11-12,14H2,1-5H3,(H,26,27). The first-order valence-electron chi connectivity index (χ1n) is 10.5. The van der Waals surface area contributed by atoms with Crippen molar-refractivity contribution in [3.8, 4) is 11.3 Å². The van der Waals surface area contributed by atoms with Gasteiger partial charge >= 0.3 is 0 Å². The largest absolute Gasteiger partial charge is 0.361 e. The number of thiazole rings is 1. The SMILES string of the molecule is CC(=O)C(CCCCN(C)C)CNc1nc(-c2ccc(Cl)c(Cl)c2)c(CC(C)C)s1. The van der Waals surface area contributed by atoms with Gasteiger partial charge in [0.15, 0.2) is 5.13 Å². The van der Waals surface area contributed by atoms with Crippen molar-refractivity contribution in [3.63, 3.8) is 0 Å². The molecule has 0 aliphatic rings. The summed E-state index contributed by atoms with van der Waals surface area (Å²) in [4.78, 5) is 20.3. The van der Waals surface area contributed by atoms with Crippen LogP contribution >= 0.6 is 34.5 Å². The molecular weight excluding hydrogens is 437 g/mol. The Hall–Kier alpha value is -1.14. The number of halogens is 2. The van der Waals surface area contributed by atoms with E-state index < -0.39 is 0 Å². The molecule has 0 bridgehead atoms. The first-order chi connectivity index (χ1) is 14.2. The summed E-state index contributed by atoms with van der Waals surface area (Å²) >= 11 is 14.0. The maximum absolute atomic E-state index is 12.1. The smallest absolute Gasteiger partial charge is 0.183 e. The molecule has 7 heteroatoms. The third-order valence-corrected chi connectivity index (χ3v) is 6.74. The van der Waals surface area contributed by atoms with Gasteiger partial charge in [-0.05, 0) is 64.9 Å². The number of anilines is 1. The van der Waals surface area contributed by atoms with Crippen LogP contribution in [-0.2, 0) is 11.2 Å². The van der Waals surface area contributed by atoms with E-state index in [9.17, 15) is 4.79 Å². The molecule has 0 spiro atoms. The summed E-state index contributed by atoms with van der Waals surface area (Å²) in [7, 11) is 4.15. The number of unbranched alkanes of at least 4 members (excludes halogenated alkanes) is 1. The lowest BCUT2D eigenvalue weighted by Gasteiger charge is -2.15. The molecular formula is C23H33Cl2N3OS. The minimum atomic E-state index is 0.0121. The number of Topliss-reactive ketones (excluding diaryl/α,β-unsaturated/α-hetero) is 1. The van der Waals surface area contributed by atoms with Crippen molar-refractivity contribution in [3.05, 3.63) is 33.1 Å². The fourth-order valence-electron chi connectivity index (χ4n) is 3.28. The number of ketones is 1. The molecule has 1 unspecified atom stereocenters. The van der Waals surface area contributed by atoms with Crippen LogP contribution in [0.4, 0.5) is 5.13 Å². The van der Waals surface area contributed by atoms with Crippen molar-refractivity contribution < 1.29 is 4.79 Å². The molecule has 2 rings (SSSR count). The van der Waals surface area contributed by atoms with E-state index in [2.05, 4.69) is 38.2 Å². The van der Waals surface area contributed by atoms with Crippen LogP contribution in [0.15, 0.2) is 18.2 Å². The van der Waals surface area contributed by atoms with E-state index >= 15 is 0 Å². The maximum atomic E-state index is 12.1. The van der Waals surface area contributed by atoms with Gasteiger partial charge in [-0.2, -0.15) is 0 Å². The number of benzene rings is 1. The molecule has 30 heavy (non-hydrogen) atoms. The van der Waals surface area contributed by atoms with Crippen molar-refractivity contribution in [1.82, 2.24) is 9.88 Å². The summed E-state index contributed by atoms with van der Waals surface area (Å²) in [6.07, 6.45) is 4.00. The van der Waals surface area contributed by atoms with E-state index in [0.29, 0.717) is 22.5 Å². The van der Waals surface area contributed by atoms with E-state index in [-0.39, 0.29) is 11.7 Å². The van der Waals surface area contributed by atoms with E-state index in [0.717, 1.165) is 48.6 Å². The summed E-state index contributed by atoms with van der Waals surface area (Å²) in [6.45, 7) is 7.75. The molecule has 1 aromatic heterocycles. The minimum Gasteiger partial charge on any atom is -0.361 e. The summed E-state index contributed by atoms with van der Waals surface area (Å²) in [5, 5.41) is 5.34. The van der Waals surface area contributed by atoms with Crippen LogP contribution in [0.25, 0.3) is 11.3 Å². The highest BCUT2D eigenvalue weighted by molar-refractivity contribution is 7.16. The lowest BCUT2D eigenvalue weighted by molar-refractivity contribution is -0.120. The van der Waals surface area contributed by atoms with Crippen molar-refractivity contribution >= 4 is 45.5 Å². The number of nitrogens with one attached hydrogen (secondary N) is 1. The summed E-state index contributed by atoms with van der Waals surface area (Å²) in [5.74, 6) is 0.760. The molecule has 2 aromatic rings. The second kappa shape index (κ2) is 12.0. The lowest BCUT2D eigenvalue weighted by atomic mass is 9.98. The van der Waals surface area contributed by atoms with Gasteiger partial charge in [0.25, 0.3) is 0 Å². The first kappa shape index (κ1) is 25.1. The monoisotopic (exact) mass is 469 g/mol. The van der Waals surface area contributed by atoms with Crippen LogP contribution < -0.4 is 5.32 Å². The molecule has 0 aliphatic carbocycles. The van der Waals surface area contributed by atoms with Gasteiger partial charge in [0.05, 0.1) is 15.7 Å². The van der Waals surface area contributed by atoms with Crippen molar-refractivity contribution in [2.24, 2.45) is 11.8 Å². The first-order valence-corrected chi connectivity index (χ1v) is 12.1. The molecule has 1 atom stereocenters. The molecule has 0 saturated carbocycles. The molecule has 1 heterocycles. The van der Waals surface area contributed by atoms with Gasteiger partial charge < -0.3 is 10.2 Å². The Morgan fingerprint density at radius 3 is 2.53 bits per heavy atom.